The minimum atomic E-state index is -4.94. The number of rotatable bonds is 3. The van der Waals surface area contributed by atoms with E-state index in [1.165, 1.54) is 0 Å². The third-order valence-corrected chi connectivity index (χ3v) is 1.44. The zero-order valence-electron chi connectivity index (χ0n) is 13.7. The first kappa shape index (κ1) is 31.5. The normalized spacial score (nSPS) is 12.3. The second-order valence-electron chi connectivity index (χ2n) is 6.11. The Bertz CT molecular complexity index is 234. The molecule has 0 unspecified atom stereocenters. The summed E-state index contributed by atoms with van der Waals surface area (Å²) in [5.41, 5.74) is 0.471. The van der Waals surface area contributed by atoms with Gasteiger partial charge in [-0.15, -0.1) is 20.5 Å². The molecule has 0 aliphatic heterocycles. The van der Waals surface area contributed by atoms with E-state index in [-0.39, 0.29) is 28.1 Å². The number of hydrogen-bond acceptors (Lipinski definition) is 10. The zero-order valence-corrected chi connectivity index (χ0v) is 16.2. The molecule has 13 heteroatoms. The van der Waals surface area contributed by atoms with E-state index in [1.54, 1.807) is 0 Å². The fourth-order valence-electron chi connectivity index (χ4n) is 0.875. The molecule has 0 aromatic carbocycles. The van der Waals surface area contributed by atoms with Gasteiger partial charge in [-0.25, -0.2) is 37.3 Å². The van der Waals surface area contributed by atoms with Gasteiger partial charge in [0.15, 0.2) is 0 Å². The number of halogens is 2. The van der Waals surface area contributed by atoms with Crippen LogP contribution < -0.4 is 47.9 Å². The summed E-state index contributed by atoms with van der Waals surface area (Å²) in [6, 6.07) is 0. The molecule has 147 valence electrons. The van der Waals surface area contributed by atoms with Crippen LogP contribution in [0.3, 0.4) is 0 Å². The largest absolute Gasteiger partial charge is 2.00 e. The van der Waals surface area contributed by atoms with Gasteiger partial charge in [-0.1, -0.05) is 0 Å². The molecular formula is C10H24Cl2CuN2O8. The van der Waals surface area contributed by atoms with Crippen LogP contribution in [-0.2, 0) is 17.1 Å². The molecule has 23 heavy (non-hydrogen) atoms. The molecule has 0 saturated carbocycles. The van der Waals surface area contributed by atoms with E-state index in [0.29, 0.717) is 0 Å². The predicted octanol–water partition coefficient (Wildman–Crippen LogP) is -7.75. The van der Waals surface area contributed by atoms with Crippen LogP contribution in [0.25, 0.3) is 0 Å². The van der Waals surface area contributed by atoms with Gasteiger partial charge in [-0.2, -0.15) is 0 Å². The average molecular weight is 435 g/mol. The van der Waals surface area contributed by atoms with Crippen molar-refractivity contribution in [3.05, 3.63) is 0 Å². The van der Waals surface area contributed by atoms with Gasteiger partial charge in [0.2, 0.25) is 0 Å². The van der Waals surface area contributed by atoms with Crippen molar-refractivity contribution in [1.82, 2.24) is 10.6 Å². The summed E-state index contributed by atoms with van der Waals surface area (Å²) in [6.45, 7) is 15.2. The van der Waals surface area contributed by atoms with Gasteiger partial charge in [0, 0.05) is 24.2 Å². The van der Waals surface area contributed by atoms with Gasteiger partial charge in [0.1, 0.15) is 0 Å². The van der Waals surface area contributed by atoms with Gasteiger partial charge in [-0.05, 0) is 41.5 Å². The van der Waals surface area contributed by atoms with Crippen LogP contribution in [0.4, 0.5) is 0 Å². The summed E-state index contributed by atoms with van der Waals surface area (Å²) in [6.07, 6.45) is 0. The zero-order chi connectivity index (χ0) is 18.8. The van der Waals surface area contributed by atoms with E-state index in [0.717, 1.165) is 13.1 Å². The van der Waals surface area contributed by atoms with Gasteiger partial charge in [-0.3, -0.25) is 0 Å². The third-order valence-electron chi connectivity index (χ3n) is 1.44. The Kier molecular flexibility index (Phi) is 17.8. The quantitative estimate of drug-likeness (QED) is 0.316. The van der Waals surface area contributed by atoms with Crippen LogP contribution >= 0.6 is 0 Å². The molecule has 0 aromatic heterocycles. The maximum atomic E-state index is 8.49. The van der Waals surface area contributed by atoms with Crippen molar-refractivity contribution >= 4 is 0 Å². The van der Waals surface area contributed by atoms with Crippen molar-refractivity contribution in [2.75, 3.05) is 13.1 Å². The fraction of sp³-hybridized carbons (Fsp3) is 1.00. The van der Waals surface area contributed by atoms with Gasteiger partial charge in [0.25, 0.3) is 0 Å². The van der Waals surface area contributed by atoms with Crippen molar-refractivity contribution < 1.29 is 74.8 Å². The third kappa shape index (κ3) is 103. The molecular weight excluding hydrogens is 411 g/mol. The summed E-state index contributed by atoms with van der Waals surface area (Å²) < 4.78 is 67.9. The molecule has 10 nitrogen and oxygen atoms in total. The Hall–Kier alpha value is 0.699. The standard InChI is InChI=1S/C10H24N2.2ClHO4.Cu/c1-9(2,3)11-7-8-12-10(4,5)6;2*2-1(3,4)5;/h11-12H,7-8H2,1-6H3;2*(H,2,3,4,5);/q;;;+2/p-2. The smallest absolute Gasteiger partial charge is 0.311 e. The molecule has 0 spiro atoms. The molecule has 0 atom stereocenters. The van der Waals surface area contributed by atoms with Crippen molar-refractivity contribution in [3.63, 3.8) is 0 Å². The Labute approximate surface area is 151 Å². The summed E-state index contributed by atoms with van der Waals surface area (Å²) >= 11 is 0. The first-order chi connectivity index (χ1) is 9.21. The maximum absolute atomic E-state index is 8.49. The first-order valence-corrected chi connectivity index (χ1v) is 8.41. The number of hydrogen-bond donors (Lipinski definition) is 2. The van der Waals surface area contributed by atoms with Gasteiger partial charge in [0.05, 0.1) is 0 Å². The fourth-order valence-corrected chi connectivity index (χ4v) is 0.875. The Morgan fingerprint density at radius 1 is 0.565 bits per heavy atom. The minimum absolute atomic E-state index is 0. The summed E-state index contributed by atoms with van der Waals surface area (Å²) in [7, 11) is -9.89. The van der Waals surface area contributed by atoms with Crippen LogP contribution in [0, 0.1) is 20.5 Å². The van der Waals surface area contributed by atoms with Crippen molar-refractivity contribution in [2.24, 2.45) is 0 Å². The second kappa shape index (κ2) is 13.0. The van der Waals surface area contributed by atoms with Crippen LogP contribution in [0.2, 0.25) is 0 Å². The molecule has 0 fully saturated rings. The molecule has 0 aliphatic rings. The Morgan fingerprint density at radius 3 is 0.783 bits per heavy atom. The van der Waals surface area contributed by atoms with Crippen LogP contribution in [0.5, 0.6) is 0 Å². The van der Waals surface area contributed by atoms with E-state index in [4.69, 9.17) is 37.3 Å². The van der Waals surface area contributed by atoms with E-state index in [2.05, 4.69) is 52.2 Å². The van der Waals surface area contributed by atoms with E-state index in [1.807, 2.05) is 0 Å². The number of nitrogens with one attached hydrogen (secondary N) is 2. The van der Waals surface area contributed by atoms with E-state index >= 15 is 0 Å². The molecule has 1 radical (unpaired) electrons. The SMILES string of the molecule is CC(C)(C)NCCNC(C)(C)C.[Cu+2].[O-][Cl+3]([O-])([O-])[O-].[O-][Cl+3]([O-])([O-])[O-]. The van der Waals surface area contributed by atoms with E-state index in [9.17, 15) is 0 Å². The predicted molar refractivity (Wildman–Crippen MR) is 55.5 cm³/mol. The summed E-state index contributed by atoms with van der Waals surface area (Å²) in [5, 5.41) is 6.86. The molecule has 0 aliphatic carbocycles. The monoisotopic (exact) mass is 433 g/mol. The molecule has 0 heterocycles. The second-order valence-corrected chi connectivity index (χ2v) is 7.62. The Balaban J connectivity index is -0.000000137. The molecule has 0 bridgehead atoms. The molecule has 0 saturated heterocycles. The topological polar surface area (TPSA) is 209 Å². The van der Waals surface area contributed by atoms with Gasteiger partial charge >= 0.3 is 17.1 Å². The van der Waals surface area contributed by atoms with Crippen molar-refractivity contribution in [2.45, 2.75) is 52.6 Å². The molecule has 2 N–H and O–H groups in total. The van der Waals surface area contributed by atoms with Gasteiger partial charge < -0.3 is 10.6 Å². The maximum Gasteiger partial charge on any atom is 2.00 e. The summed E-state index contributed by atoms with van der Waals surface area (Å²) in [5.74, 6) is 0. The van der Waals surface area contributed by atoms with Crippen molar-refractivity contribution in [3.8, 4) is 0 Å². The average Bonchev–Trinajstić information content (AvgIpc) is 2.03. The van der Waals surface area contributed by atoms with Crippen LogP contribution in [0.1, 0.15) is 41.5 Å². The summed E-state index contributed by atoms with van der Waals surface area (Å²) in [4.78, 5) is 0. The van der Waals surface area contributed by atoms with Crippen LogP contribution in [0.15, 0.2) is 0 Å². The first-order valence-electron chi connectivity index (χ1n) is 5.94. The molecule has 0 amide bonds. The van der Waals surface area contributed by atoms with Crippen molar-refractivity contribution in [1.29, 1.82) is 0 Å². The Morgan fingerprint density at radius 2 is 0.696 bits per heavy atom. The van der Waals surface area contributed by atoms with Crippen LogP contribution in [-0.4, -0.2) is 24.2 Å². The minimum Gasteiger partial charge on any atom is -0.311 e. The molecule has 0 rings (SSSR count). The van der Waals surface area contributed by atoms with E-state index < -0.39 is 20.5 Å². The molecule has 0 aromatic rings.